The Labute approximate surface area is 172 Å². The van der Waals surface area contributed by atoms with Crippen molar-refractivity contribution < 1.29 is 9.59 Å². The SMILES string of the molecule is C#Cc1cccc(N(CC(=O)NC)C(=O)c2csc(-c3ccc(Cl)cc3)n2)c1. The smallest absolute Gasteiger partial charge is 0.278 e. The summed E-state index contributed by atoms with van der Waals surface area (Å²) in [5.74, 6) is 1.86. The van der Waals surface area contributed by atoms with Crippen LogP contribution in [0.4, 0.5) is 5.69 Å². The summed E-state index contributed by atoms with van der Waals surface area (Å²) in [5, 5.41) is 5.53. The number of halogens is 1. The number of terminal acetylenes is 1. The zero-order valence-corrected chi connectivity index (χ0v) is 16.6. The molecular formula is C21H16ClN3O2S. The molecule has 0 saturated carbocycles. The molecule has 0 saturated heterocycles. The van der Waals surface area contributed by atoms with Crippen LogP contribution in [0.25, 0.3) is 10.6 Å². The molecule has 1 aromatic heterocycles. The molecule has 0 fully saturated rings. The maximum Gasteiger partial charge on any atom is 0.278 e. The maximum atomic E-state index is 13.1. The molecule has 1 N–H and O–H groups in total. The van der Waals surface area contributed by atoms with Gasteiger partial charge in [-0.1, -0.05) is 35.7 Å². The van der Waals surface area contributed by atoms with Gasteiger partial charge in [-0.2, -0.15) is 0 Å². The average Bonchev–Trinajstić information content (AvgIpc) is 3.22. The summed E-state index contributed by atoms with van der Waals surface area (Å²) in [5.41, 5.74) is 2.27. The first-order valence-electron chi connectivity index (χ1n) is 8.32. The predicted molar refractivity (Wildman–Crippen MR) is 113 cm³/mol. The second kappa shape index (κ2) is 8.70. The van der Waals surface area contributed by atoms with Crippen molar-refractivity contribution in [2.75, 3.05) is 18.5 Å². The molecule has 0 bridgehead atoms. The van der Waals surface area contributed by atoms with Crippen LogP contribution < -0.4 is 10.2 Å². The summed E-state index contributed by atoms with van der Waals surface area (Å²) in [6.45, 7) is -0.142. The Bertz CT molecular complexity index is 1050. The summed E-state index contributed by atoms with van der Waals surface area (Å²) in [7, 11) is 1.52. The topological polar surface area (TPSA) is 62.3 Å². The van der Waals surface area contributed by atoms with E-state index in [1.54, 1.807) is 41.8 Å². The number of nitrogens with one attached hydrogen (secondary N) is 1. The molecule has 0 aliphatic carbocycles. The molecule has 0 atom stereocenters. The fraction of sp³-hybridized carbons (Fsp3) is 0.0952. The van der Waals surface area contributed by atoms with Crippen molar-refractivity contribution in [3.05, 3.63) is 70.2 Å². The van der Waals surface area contributed by atoms with Gasteiger partial charge in [0.1, 0.15) is 17.2 Å². The van der Waals surface area contributed by atoms with Gasteiger partial charge < -0.3 is 5.32 Å². The van der Waals surface area contributed by atoms with Crippen molar-refractivity contribution in [3.63, 3.8) is 0 Å². The highest BCUT2D eigenvalue weighted by Crippen LogP contribution is 2.26. The third kappa shape index (κ3) is 4.39. The van der Waals surface area contributed by atoms with Crippen molar-refractivity contribution in [1.82, 2.24) is 10.3 Å². The molecule has 28 heavy (non-hydrogen) atoms. The molecule has 0 spiro atoms. The van der Waals surface area contributed by atoms with E-state index in [1.807, 2.05) is 12.1 Å². The number of aromatic nitrogens is 1. The van der Waals surface area contributed by atoms with Crippen LogP contribution in [0.5, 0.6) is 0 Å². The van der Waals surface area contributed by atoms with Gasteiger partial charge in [-0.15, -0.1) is 17.8 Å². The lowest BCUT2D eigenvalue weighted by Crippen LogP contribution is -2.40. The third-order valence-corrected chi connectivity index (χ3v) is 5.11. The summed E-state index contributed by atoms with van der Waals surface area (Å²) in [6, 6.07) is 14.1. The van der Waals surface area contributed by atoms with Crippen LogP contribution in [-0.4, -0.2) is 30.4 Å². The van der Waals surface area contributed by atoms with E-state index in [0.29, 0.717) is 21.3 Å². The van der Waals surface area contributed by atoms with Crippen molar-refractivity contribution >= 4 is 40.4 Å². The van der Waals surface area contributed by atoms with Crippen LogP contribution in [-0.2, 0) is 4.79 Å². The molecule has 0 radical (unpaired) electrons. The molecule has 2 amide bonds. The quantitative estimate of drug-likeness (QED) is 0.651. The Hall–Kier alpha value is -3.14. The van der Waals surface area contributed by atoms with E-state index in [-0.39, 0.29) is 24.1 Å². The van der Waals surface area contributed by atoms with E-state index in [4.69, 9.17) is 18.0 Å². The number of carbonyl (C=O) groups excluding carboxylic acids is 2. The molecule has 0 unspecified atom stereocenters. The van der Waals surface area contributed by atoms with E-state index in [2.05, 4.69) is 16.2 Å². The highest BCUT2D eigenvalue weighted by molar-refractivity contribution is 7.13. The lowest BCUT2D eigenvalue weighted by Gasteiger charge is -2.21. The lowest BCUT2D eigenvalue weighted by molar-refractivity contribution is -0.119. The normalized spacial score (nSPS) is 10.2. The summed E-state index contributed by atoms with van der Waals surface area (Å²) in [6.07, 6.45) is 5.46. The second-order valence-electron chi connectivity index (χ2n) is 5.80. The Balaban J connectivity index is 1.94. The van der Waals surface area contributed by atoms with Crippen LogP contribution in [0.2, 0.25) is 5.02 Å². The number of benzene rings is 2. The van der Waals surface area contributed by atoms with E-state index in [1.165, 1.54) is 23.3 Å². The van der Waals surface area contributed by atoms with Crippen molar-refractivity contribution in [3.8, 4) is 22.9 Å². The lowest BCUT2D eigenvalue weighted by atomic mass is 10.2. The van der Waals surface area contributed by atoms with Crippen LogP contribution in [0.3, 0.4) is 0 Å². The van der Waals surface area contributed by atoms with Gasteiger partial charge in [-0.25, -0.2) is 4.98 Å². The van der Waals surface area contributed by atoms with Gasteiger partial charge in [-0.05, 0) is 30.3 Å². The molecule has 3 rings (SSSR count). The molecule has 140 valence electrons. The second-order valence-corrected chi connectivity index (χ2v) is 7.10. The van der Waals surface area contributed by atoms with Crippen LogP contribution in [0, 0.1) is 12.3 Å². The number of rotatable bonds is 5. The number of amides is 2. The highest BCUT2D eigenvalue weighted by atomic mass is 35.5. The van der Waals surface area contributed by atoms with Crippen molar-refractivity contribution in [2.24, 2.45) is 0 Å². The van der Waals surface area contributed by atoms with E-state index in [9.17, 15) is 9.59 Å². The summed E-state index contributed by atoms with van der Waals surface area (Å²) >= 11 is 7.27. The Kier molecular flexibility index (Phi) is 6.09. The van der Waals surface area contributed by atoms with Crippen LogP contribution >= 0.6 is 22.9 Å². The summed E-state index contributed by atoms with van der Waals surface area (Å²) < 4.78 is 0. The van der Waals surface area contributed by atoms with Gasteiger partial charge in [0.15, 0.2) is 0 Å². The molecular weight excluding hydrogens is 394 g/mol. The Morgan fingerprint density at radius 1 is 1.25 bits per heavy atom. The fourth-order valence-electron chi connectivity index (χ4n) is 2.50. The number of likely N-dealkylation sites (N-methyl/N-ethyl adjacent to an activating group) is 1. The van der Waals surface area contributed by atoms with Gasteiger partial charge >= 0.3 is 0 Å². The van der Waals surface area contributed by atoms with Gasteiger partial charge in [0.05, 0.1) is 0 Å². The summed E-state index contributed by atoms with van der Waals surface area (Å²) in [4.78, 5) is 30.9. The Morgan fingerprint density at radius 2 is 2.00 bits per heavy atom. The first kappa shape index (κ1) is 19.6. The van der Waals surface area contributed by atoms with Crippen molar-refractivity contribution in [1.29, 1.82) is 0 Å². The van der Waals surface area contributed by atoms with Gasteiger partial charge in [0.2, 0.25) is 5.91 Å². The molecule has 5 nitrogen and oxygen atoms in total. The van der Waals surface area contributed by atoms with Gasteiger partial charge in [0, 0.05) is 34.3 Å². The number of carbonyl (C=O) groups is 2. The number of hydrogen-bond donors (Lipinski definition) is 1. The maximum absolute atomic E-state index is 13.1. The number of hydrogen-bond acceptors (Lipinski definition) is 4. The van der Waals surface area contributed by atoms with Gasteiger partial charge in [-0.3, -0.25) is 14.5 Å². The monoisotopic (exact) mass is 409 g/mol. The Morgan fingerprint density at radius 3 is 2.68 bits per heavy atom. The minimum absolute atomic E-state index is 0.142. The minimum Gasteiger partial charge on any atom is -0.358 e. The standard InChI is InChI=1S/C21H16ClN3O2S/c1-3-14-5-4-6-17(11-14)25(12-19(26)23-2)21(27)18-13-28-20(24-18)15-7-9-16(22)10-8-15/h1,4-11,13H,12H2,2H3,(H,23,26). The molecule has 0 aliphatic heterocycles. The van der Waals surface area contributed by atoms with Gasteiger partial charge in [0.25, 0.3) is 5.91 Å². The average molecular weight is 410 g/mol. The molecule has 2 aromatic carbocycles. The highest BCUT2D eigenvalue weighted by Gasteiger charge is 2.23. The number of anilines is 1. The minimum atomic E-state index is -0.380. The first-order valence-corrected chi connectivity index (χ1v) is 9.58. The zero-order valence-electron chi connectivity index (χ0n) is 15.0. The molecule has 0 aliphatic rings. The molecule has 1 heterocycles. The van der Waals surface area contributed by atoms with E-state index in [0.717, 1.165) is 5.56 Å². The van der Waals surface area contributed by atoms with E-state index < -0.39 is 0 Å². The molecule has 3 aromatic rings. The van der Waals surface area contributed by atoms with Crippen LogP contribution in [0.1, 0.15) is 16.1 Å². The third-order valence-electron chi connectivity index (χ3n) is 3.96. The van der Waals surface area contributed by atoms with E-state index >= 15 is 0 Å². The number of thiazole rings is 1. The van der Waals surface area contributed by atoms with Crippen molar-refractivity contribution in [2.45, 2.75) is 0 Å². The largest absolute Gasteiger partial charge is 0.358 e. The molecule has 7 heteroatoms. The predicted octanol–water partition coefficient (Wildman–Crippen LogP) is 3.84. The zero-order chi connectivity index (χ0) is 20.1. The van der Waals surface area contributed by atoms with Crippen LogP contribution in [0.15, 0.2) is 53.9 Å². The fourth-order valence-corrected chi connectivity index (χ4v) is 3.43. The number of nitrogens with zero attached hydrogens (tertiary/aromatic N) is 2. The first-order chi connectivity index (χ1) is 13.5.